The lowest BCUT2D eigenvalue weighted by Gasteiger charge is -2.29. The van der Waals surface area contributed by atoms with Gasteiger partial charge in [0.1, 0.15) is 18.0 Å². The number of nitrogens with zero attached hydrogens (tertiary/aromatic N) is 1. The number of amides is 3. The third-order valence-electron chi connectivity index (χ3n) is 11.5. The van der Waals surface area contributed by atoms with Gasteiger partial charge in [0.05, 0.1) is 44.8 Å². The van der Waals surface area contributed by atoms with Crippen LogP contribution in [0.1, 0.15) is 109 Å². The summed E-state index contributed by atoms with van der Waals surface area (Å²) in [5, 5.41) is 33.8. The molecule has 2 atom stereocenters. The first-order valence-corrected chi connectivity index (χ1v) is 31.8. The number of benzene rings is 5. The van der Waals surface area contributed by atoms with E-state index in [9.17, 15) is 62.3 Å². The van der Waals surface area contributed by atoms with Crippen molar-refractivity contribution >= 4 is 186 Å². The summed E-state index contributed by atoms with van der Waals surface area (Å²) in [6, 6.07) is 22.5. The Morgan fingerprint density at radius 2 is 0.840 bits per heavy atom. The minimum absolute atomic E-state index is 0.0534. The first-order chi connectivity index (χ1) is 46.8. The van der Waals surface area contributed by atoms with Gasteiger partial charge in [0.15, 0.2) is 23.1 Å². The van der Waals surface area contributed by atoms with Crippen LogP contribution in [0.25, 0.3) is 0 Å². The number of ether oxygens (including phenoxy) is 4. The highest BCUT2D eigenvalue weighted by Crippen LogP contribution is 2.26. The SMILES string of the molecule is CC(=O)NC(CC(=O)c1ccc(Cl)cc1N)C(=O)O.CCOC(=O)C(CC(=O)c1ccc(Cl)cc1N)(NC(C)=O)C(=O)OCC.CCOC(=O)C(NC(C)=O)C(=O)OCC.N#CCCl.Nc1cc(Cl)ccc1C(=O)CC(N)C(=O)O.Nc1cc(Cl)ccc1C(=O)CCl.Nc1cccc(Cl)c1. The first kappa shape index (κ1) is 92.5. The van der Waals surface area contributed by atoms with Crippen LogP contribution >= 0.6 is 81.2 Å². The summed E-state index contributed by atoms with van der Waals surface area (Å²) in [7, 11) is 0. The van der Waals surface area contributed by atoms with E-state index in [-0.39, 0.29) is 90.6 Å². The Hall–Kier alpha value is -9.51. The monoisotopic (exact) mass is 1530 g/mol. The molecule has 0 radical (unpaired) electrons. The van der Waals surface area contributed by atoms with Crippen LogP contribution in [0.15, 0.2) is 97.1 Å². The average Bonchev–Trinajstić information content (AvgIpc) is 0.785. The number of nitriles is 1. The molecule has 5 aromatic rings. The van der Waals surface area contributed by atoms with Crippen LogP contribution in [-0.2, 0) is 62.1 Å². The summed E-state index contributed by atoms with van der Waals surface area (Å²) in [6.07, 6.45) is -1.38. The molecule has 0 saturated heterocycles. The average molecular weight is 1540 g/mol. The van der Waals surface area contributed by atoms with E-state index in [1.165, 1.54) is 88.4 Å². The summed E-state index contributed by atoms with van der Waals surface area (Å²) in [5.74, 6) is -9.74. The molecule has 0 aliphatic heterocycles. The molecule has 0 aliphatic carbocycles. The van der Waals surface area contributed by atoms with Crippen molar-refractivity contribution in [1.29, 1.82) is 5.26 Å². The summed E-state index contributed by atoms with van der Waals surface area (Å²) >= 11 is 38.6. The highest BCUT2D eigenvalue weighted by Gasteiger charge is 2.52. The molecule has 3 amide bonds. The van der Waals surface area contributed by atoms with E-state index in [0.717, 1.165) is 6.92 Å². The molecule has 544 valence electrons. The van der Waals surface area contributed by atoms with Crippen molar-refractivity contribution in [2.24, 2.45) is 5.73 Å². The number of rotatable bonds is 24. The van der Waals surface area contributed by atoms with E-state index in [0.29, 0.717) is 42.1 Å². The van der Waals surface area contributed by atoms with Gasteiger partial charge in [0.2, 0.25) is 29.3 Å². The van der Waals surface area contributed by atoms with E-state index in [1.54, 1.807) is 50.2 Å². The lowest BCUT2D eigenvalue weighted by Crippen LogP contribution is -2.62. The predicted octanol–water partition coefficient (Wildman–Crippen LogP) is 8.12. The van der Waals surface area contributed by atoms with Gasteiger partial charge in [-0.2, -0.15) is 5.26 Å². The molecule has 0 aromatic heterocycles. The zero-order chi connectivity index (χ0) is 77.2. The van der Waals surface area contributed by atoms with E-state index in [2.05, 4.69) is 25.4 Å². The highest BCUT2D eigenvalue weighted by molar-refractivity contribution is 6.33. The topological polar surface area (TPSA) is 515 Å². The Labute approximate surface area is 609 Å². The number of carbonyl (C=O) groups excluding carboxylic acids is 11. The largest absolute Gasteiger partial charge is 0.480 e. The van der Waals surface area contributed by atoms with Gasteiger partial charge in [0, 0.05) is 109 Å². The van der Waals surface area contributed by atoms with Crippen LogP contribution in [-0.4, -0.2) is 149 Å². The number of hydrogen-bond acceptors (Lipinski definition) is 24. The Kier molecular flexibility index (Phi) is 45.4. The Morgan fingerprint density at radius 3 is 1.12 bits per heavy atom. The smallest absolute Gasteiger partial charge is 0.344 e. The van der Waals surface area contributed by atoms with E-state index in [1.807, 2.05) is 6.07 Å². The van der Waals surface area contributed by atoms with Crippen LogP contribution in [0.4, 0.5) is 28.4 Å². The van der Waals surface area contributed by atoms with Gasteiger partial charge in [-0.25, -0.2) is 24.0 Å². The number of Topliss-reactive ketones (excluding diaryl/α,β-unsaturated/α-hetero) is 4. The Morgan fingerprint density at radius 1 is 0.490 bits per heavy atom. The third-order valence-corrected chi connectivity index (χ3v) is 13.1. The third kappa shape index (κ3) is 35.8. The van der Waals surface area contributed by atoms with Crippen molar-refractivity contribution in [1.82, 2.24) is 16.0 Å². The standard InChI is InChI=1S/C17H21ClN2O6.C12H13ClN2O4.C10H11ClN2O3.C9H15NO5.C8H7Cl2NO.C6H6ClN.C2H2ClN/c1-4-25-15(23)17(20-10(3)21,16(24)26-5-2)9-14(22)12-7-6-11(18)8-13(12)19;1-6(16)15-10(12(18)19)5-11(17)8-3-2-7(13)4-9(8)14;11-5-1-2-6(7(12)3-5)9(14)4-8(13)10(15)16;1-4-14-8(12)7(10-6(3)11)9(13)15-5-2;9-4-8(12)6-2-1-5(10)3-7(6)11;7-5-2-1-3-6(8)4-5;3-1-2-4/h6-8H,4-5,9,19H2,1-3H3,(H,20,21);2-4,10H,5,14H2,1H3,(H,15,16)(H,18,19);1-3,8H,4,12-13H2,(H,15,16);7H,4-5H2,1-3H3,(H,10,11);1-3H,4,11H2;1-4H,8H2;1H2. The molecule has 0 heterocycles. The van der Waals surface area contributed by atoms with Crippen molar-refractivity contribution in [2.75, 3.05) is 66.9 Å². The van der Waals surface area contributed by atoms with Gasteiger partial charge in [0.25, 0.3) is 0 Å². The van der Waals surface area contributed by atoms with Crippen molar-refractivity contribution in [3.05, 3.63) is 144 Å². The van der Waals surface area contributed by atoms with Crippen LogP contribution in [0, 0.1) is 11.3 Å². The first-order valence-electron chi connectivity index (χ1n) is 28.8. The number of alkyl halides is 2. The molecule has 0 aliphatic rings. The molecule has 5 aromatic carbocycles. The van der Waals surface area contributed by atoms with Crippen LogP contribution in [0.5, 0.6) is 0 Å². The van der Waals surface area contributed by atoms with E-state index in [4.69, 9.17) is 141 Å². The van der Waals surface area contributed by atoms with Gasteiger partial charge in [-0.3, -0.25) is 38.4 Å². The van der Waals surface area contributed by atoms with E-state index >= 15 is 0 Å². The minimum Gasteiger partial charge on any atom is -0.480 e. The fourth-order valence-electron chi connectivity index (χ4n) is 7.25. The second-order valence-corrected chi connectivity index (χ2v) is 22.1. The number of nitrogens with two attached hydrogens (primary N) is 6. The van der Waals surface area contributed by atoms with Crippen molar-refractivity contribution < 1.29 is 91.5 Å². The fraction of sp³-hybridized carbons (Fsp3) is 0.312. The maximum absolute atomic E-state index is 12.7. The molecule has 29 nitrogen and oxygen atoms in total. The molecule has 2 unspecified atom stereocenters. The highest BCUT2D eigenvalue weighted by atomic mass is 35.5. The number of nitrogens with one attached hydrogen (secondary N) is 3. The molecule has 17 N–H and O–H groups in total. The number of ketones is 4. The lowest BCUT2D eigenvalue weighted by atomic mass is 9.89. The molecule has 36 heteroatoms. The molecule has 5 rings (SSSR count). The molecule has 0 spiro atoms. The van der Waals surface area contributed by atoms with Gasteiger partial charge < -0.3 is 79.5 Å². The Balaban J connectivity index is 0. The quantitative estimate of drug-likeness (QED) is 0.00693. The van der Waals surface area contributed by atoms with Crippen LogP contribution < -0.4 is 50.4 Å². The van der Waals surface area contributed by atoms with Crippen molar-refractivity contribution in [3.63, 3.8) is 0 Å². The number of carbonyl (C=O) groups is 13. The normalized spacial score (nSPS) is 10.5. The van der Waals surface area contributed by atoms with Gasteiger partial charge >= 0.3 is 35.8 Å². The number of esters is 4. The minimum atomic E-state index is -2.30. The maximum Gasteiger partial charge on any atom is 0.344 e. The number of halogens is 7. The van der Waals surface area contributed by atoms with Gasteiger partial charge in [-0.15, -0.1) is 23.2 Å². The second kappa shape index (κ2) is 49.1. The molecular formula is C64H75Cl7N10O19. The number of aliphatic carboxylic acids is 2. The number of carboxylic acids is 2. The summed E-state index contributed by atoms with van der Waals surface area (Å²) in [6.45, 7) is 9.90. The Bertz CT molecular complexity index is 3660. The molecule has 0 fully saturated rings. The fourth-order valence-corrected chi connectivity index (χ4v) is 8.32. The zero-order valence-corrected chi connectivity index (χ0v) is 60.0. The van der Waals surface area contributed by atoms with E-state index < -0.39 is 101 Å². The van der Waals surface area contributed by atoms with Gasteiger partial charge in [-0.1, -0.05) is 64.1 Å². The van der Waals surface area contributed by atoms with Gasteiger partial charge in [-0.05, 0) is 119 Å². The summed E-state index contributed by atoms with van der Waals surface area (Å²) in [5.41, 5.74) is 33.3. The molecule has 0 saturated carbocycles. The molecule has 0 bridgehead atoms. The van der Waals surface area contributed by atoms with Crippen molar-refractivity contribution in [3.8, 4) is 6.07 Å². The second-order valence-electron chi connectivity index (χ2n) is 19.4. The number of hydrogen-bond donors (Lipinski definition) is 11. The van der Waals surface area contributed by atoms with Crippen LogP contribution in [0.2, 0.25) is 25.1 Å². The zero-order valence-electron chi connectivity index (χ0n) is 54.7. The molecular weight excluding hydrogens is 1460 g/mol. The summed E-state index contributed by atoms with van der Waals surface area (Å²) in [4.78, 5) is 149. The van der Waals surface area contributed by atoms with Crippen LogP contribution in [0.3, 0.4) is 0 Å². The number of anilines is 5. The van der Waals surface area contributed by atoms with Crippen molar-refractivity contribution in [2.45, 2.75) is 91.4 Å². The maximum atomic E-state index is 12.7. The predicted molar refractivity (Wildman–Crippen MR) is 379 cm³/mol. The number of carboxylic acid groups (broad SMARTS) is 2. The summed E-state index contributed by atoms with van der Waals surface area (Å²) < 4.78 is 19.0. The molecule has 100 heavy (non-hydrogen) atoms. The number of nitrogen functional groups attached to an aromatic ring is 5. The lowest BCUT2D eigenvalue weighted by molar-refractivity contribution is -0.168.